The molecular weight excluding hydrogens is 483 g/mol. The van der Waals surface area contributed by atoms with Crippen molar-refractivity contribution in [2.45, 2.75) is 77.9 Å². The molecule has 1 aliphatic rings. The summed E-state index contributed by atoms with van der Waals surface area (Å²) in [4.78, 5) is 15.4. The molecule has 1 unspecified atom stereocenters. The predicted octanol–water partition coefficient (Wildman–Crippen LogP) is 6.64. The summed E-state index contributed by atoms with van der Waals surface area (Å²) in [6.45, 7) is 10.7. The maximum absolute atomic E-state index is 12.9. The van der Waals surface area contributed by atoms with Crippen LogP contribution in [0.1, 0.15) is 73.0 Å². The summed E-state index contributed by atoms with van der Waals surface area (Å²) in [6.07, 6.45) is 5.17. The maximum atomic E-state index is 12.9. The Morgan fingerprint density at radius 2 is 2.18 bits per heavy atom. The Morgan fingerprint density at radius 1 is 1.38 bits per heavy atom. The largest absolute Gasteiger partial charge is 0.316 e. The standard InChI is InChI=1S/C25H31N5OS3/c1-6-16-8-9-18-19(11-26)24(34-21(18)10-16)27-22(31)13-33-25-29-28-23(30(25)14(3)4)20-12-32-15(5)17(20)7-2/h12,14,16H,6-10,13H2,1-5H3,(H,27,31). The molecule has 0 spiro atoms. The molecule has 0 aliphatic heterocycles. The summed E-state index contributed by atoms with van der Waals surface area (Å²) in [5.74, 6) is 1.64. The Labute approximate surface area is 213 Å². The smallest absolute Gasteiger partial charge is 0.235 e. The third kappa shape index (κ3) is 4.81. The number of hydrogen-bond acceptors (Lipinski definition) is 7. The van der Waals surface area contributed by atoms with Crippen LogP contribution < -0.4 is 5.32 Å². The highest BCUT2D eigenvalue weighted by Gasteiger charge is 2.26. The second kappa shape index (κ2) is 10.6. The van der Waals surface area contributed by atoms with Crippen LogP contribution in [0.4, 0.5) is 5.00 Å². The highest BCUT2D eigenvalue weighted by atomic mass is 32.2. The normalized spacial score (nSPS) is 15.4. The zero-order valence-electron chi connectivity index (χ0n) is 20.4. The highest BCUT2D eigenvalue weighted by molar-refractivity contribution is 7.99. The first-order valence-corrected chi connectivity index (χ1v) is 14.5. The van der Waals surface area contributed by atoms with Crippen LogP contribution in [0.15, 0.2) is 10.5 Å². The molecule has 1 atom stereocenters. The molecule has 34 heavy (non-hydrogen) atoms. The molecule has 1 aliphatic carbocycles. The van der Waals surface area contributed by atoms with Crippen LogP contribution in [0.25, 0.3) is 11.4 Å². The van der Waals surface area contributed by atoms with Gasteiger partial charge in [-0.1, -0.05) is 32.0 Å². The summed E-state index contributed by atoms with van der Waals surface area (Å²) in [6, 6.07) is 2.51. The molecule has 0 radical (unpaired) electrons. The van der Waals surface area contributed by atoms with Crippen LogP contribution in [0.3, 0.4) is 0 Å². The highest BCUT2D eigenvalue weighted by Crippen LogP contribution is 2.40. The van der Waals surface area contributed by atoms with E-state index in [0.717, 1.165) is 54.2 Å². The lowest BCUT2D eigenvalue weighted by atomic mass is 9.86. The van der Waals surface area contributed by atoms with Crippen molar-refractivity contribution < 1.29 is 4.79 Å². The second-order valence-corrected chi connectivity index (χ2v) is 12.1. The second-order valence-electron chi connectivity index (χ2n) is 8.98. The van der Waals surface area contributed by atoms with Gasteiger partial charge in [-0.05, 0) is 63.5 Å². The molecule has 3 heterocycles. The number of nitrogens with zero attached hydrogens (tertiary/aromatic N) is 4. The van der Waals surface area contributed by atoms with Crippen molar-refractivity contribution in [2.24, 2.45) is 5.92 Å². The van der Waals surface area contributed by atoms with Gasteiger partial charge in [0.1, 0.15) is 11.1 Å². The molecule has 4 rings (SSSR count). The lowest BCUT2D eigenvalue weighted by molar-refractivity contribution is -0.113. The van der Waals surface area contributed by atoms with Gasteiger partial charge in [0.05, 0.1) is 11.3 Å². The Hall–Kier alpha value is -2.15. The van der Waals surface area contributed by atoms with E-state index in [4.69, 9.17) is 0 Å². The van der Waals surface area contributed by atoms with E-state index in [1.807, 2.05) is 0 Å². The molecule has 1 N–H and O–H groups in total. The van der Waals surface area contributed by atoms with Crippen molar-refractivity contribution in [3.05, 3.63) is 31.8 Å². The molecule has 180 valence electrons. The number of anilines is 1. The number of rotatable bonds is 8. The van der Waals surface area contributed by atoms with E-state index in [0.29, 0.717) is 16.5 Å². The van der Waals surface area contributed by atoms with Gasteiger partial charge in [0.15, 0.2) is 11.0 Å². The molecule has 6 nitrogen and oxygen atoms in total. The number of nitriles is 1. The Morgan fingerprint density at radius 3 is 2.85 bits per heavy atom. The van der Waals surface area contributed by atoms with Gasteiger partial charge in [0.25, 0.3) is 0 Å². The van der Waals surface area contributed by atoms with Gasteiger partial charge in [-0.25, -0.2) is 0 Å². The number of aromatic nitrogens is 3. The minimum Gasteiger partial charge on any atom is -0.316 e. The van der Waals surface area contributed by atoms with Crippen LogP contribution >= 0.6 is 34.4 Å². The van der Waals surface area contributed by atoms with Crippen molar-refractivity contribution in [1.82, 2.24) is 14.8 Å². The SMILES string of the molecule is CCc1c(-c2nnc(SCC(=O)Nc3sc4c(c3C#N)CCC(CC)C4)n2C(C)C)csc1C. The van der Waals surface area contributed by atoms with Gasteiger partial charge in [-0.3, -0.25) is 9.36 Å². The lowest BCUT2D eigenvalue weighted by Crippen LogP contribution is -2.15. The van der Waals surface area contributed by atoms with Crippen LogP contribution in [0, 0.1) is 24.2 Å². The number of hydrogen-bond donors (Lipinski definition) is 1. The minimum absolute atomic E-state index is 0.118. The van der Waals surface area contributed by atoms with Gasteiger partial charge >= 0.3 is 0 Å². The first-order valence-electron chi connectivity index (χ1n) is 11.9. The number of fused-ring (bicyclic) bond motifs is 1. The Balaban J connectivity index is 1.50. The van der Waals surface area contributed by atoms with Crippen molar-refractivity contribution >= 4 is 45.3 Å². The first-order chi connectivity index (χ1) is 16.4. The number of carbonyl (C=O) groups excluding carboxylic acids is 1. The number of aryl methyl sites for hydroxylation is 1. The zero-order chi connectivity index (χ0) is 24.4. The van der Waals surface area contributed by atoms with E-state index in [1.54, 1.807) is 22.7 Å². The minimum atomic E-state index is -0.118. The van der Waals surface area contributed by atoms with E-state index >= 15 is 0 Å². The molecule has 9 heteroatoms. The summed E-state index contributed by atoms with van der Waals surface area (Å²) in [7, 11) is 0. The topological polar surface area (TPSA) is 83.6 Å². The first kappa shape index (κ1) is 25.0. The number of thiophene rings is 2. The average molecular weight is 514 g/mol. The number of nitrogens with one attached hydrogen (secondary N) is 1. The number of thioether (sulfide) groups is 1. The van der Waals surface area contributed by atoms with E-state index in [-0.39, 0.29) is 17.7 Å². The number of carbonyl (C=O) groups is 1. The van der Waals surface area contributed by atoms with E-state index in [1.165, 1.54) is 27.1 Å². The van der Waals surface area contributed by atoms with E-state index < -0.39 is 0 Å². The van der Waals surface area contributed by atoms with Crippen molar-refractivity contribution in [1.29, 1.82) is 5.26 Å². The molecule has 0 saturated carbocycles. The molecule has 3 aromatic rings. The van der Waals surface area contributed by atoms with Crippen LogP contribution in [0.2, 0.25) is 0 Å². The third-order valence-corrected chi connectivity index (χ3v) is 9.59. The fraction of sp³-hybridized carbons (Fsp3) is 0.520. The summed E-state index contributed by atoms with van der Waals surface area (Å²) in [5, 5.41) is 25.3. The molecule has 0 fully saturated rings. The molecule has 0 saturated heterocycles. The number of amides is 1. The third-order valence-electron chi connectivity index (χ3n) is 6.52. The monoisotopic (exact) mass is 513 g/mol. The van der Waals surface area contributed by atoms with Crippen LogP contribution in [0.5, 0.6) is 0 Å². The molecule has 0 aromatic carbocycles. The fourth-order valence-corrected chi connectivity index (χ4v) is 7.77. The lowest BCUT2D eigenvalue weighted by Gasteiger charge is -2.20. The van der Waals surface area contributed by atoms with Gasteiger partial charge in [-0.2, -0.15) is 5.26 Å². The molecule has 3 aromatic heterocycles. The fourth-order valence-electron chi connectivity index (χ4n) is 4.63. The maximum Gasteiger partial charge on any atom is 0.235 e. The average Bonchev–Trinajstić information content (AvgIpc) is 3.50. The van der Waals surface area contributed by atoms with E-state index in [2.05, 4.69) is 66.1 Å². The quantitative estimate of drug-likeness (QED) is 0.342. The van der Waals surface area contributed by atoms with Gasteiger partial charge in [0, 0.05) is 26.7 Å². The van der Waals surface area contributed by atoms with Gasteiger partial charge in [-0.15, -0.1) is 32.9 Å². The van der Waals surface area contributed by atoms with Gasteiger partial charge in [0.2, 0.25) is 5.91 Å². The van der Waals surface area contributed by atoms with Gasteiger partial charge < -0.3 is 5.32 Å². The predicted molar refractivity (Wildman–Crippen MR) is 142 cm³/mol. The summed E-state index contributed by atoms with van der Waals surface area (Å²) >= 11 is 4.71. The van der Waals surface area contributed by atoms with Crippen molar-refractivity contribution in [3.8, 4) is 17.5 Å². The van der Waals surface area contributed by atoms with Crippen molar-refractivity contribution in [3.63, 3.8) is 0 Å². The van der Waals surface area contributed by atoms with Crippen molar-refractivity contribution in [2.75, 3.05) is 11.1 Å². The zero-order valence-corrected chi connectivity index (χ0v) is 22.8. The summed E-state index contributed by atoms with van der Waals surface area (Å²) in [5.41, 5.74) is 4.24. The van der Waals surface area contributed by atoms with Crippen LogP contribution in [-0.2, 0) is 24.1 Å². The Bertz CT molecular complexity index is 1230. The molecular formula is C25H31N5OS3. The molecule has 1 amide bonds. The van der Waals surface area contributed by atoms with Crippen LogP contribution in [-0.4, -0.2) is 26.4 Å². The van der Waals surface area contributed by atoms with E-state index in [9.17, 15) is 10.1 Å². The summed E-state index contributed by atoms with van der Waals surface area (Å²) < 4.78 is 2.12. The molecule has 0 bridgehead atoms. The Kier molecular flexibility index (Phi) is 7.80.